The summed E-state index contributed by atoms with van der Waals surface area (Å²) >= 11 is 0. The molecule has 0 aliphatic rings. The highest BCUT2D eigenvalue weighted by Crippen LogP contribution is 2.06. The van der Waals surface area contributed by atoms with Crippen LogP contribution < -0.4 is 0 Å². The number of hydrogen-bond acceptors (Lipinski definition) is 1. The van der Waals surface area contributed by atoms with E-state index in [4.69, 9.17) is 0 Å². The fourth-order valence-corrected chi connectivity index (χ4v) is 0.823. The highest BCUT2D eigenvalue weighted by molar-refractivity contribution is 5.77. The van der Waals surface area contributed by atoms with Crippen LogP contribution in [0.4, 0.5) is 0 Å². The maximum Gasteiger partial charge on any atom is 0.0656 e. The van der Waals surface area contributed by atoms with Gasteiger partial charge in [0.25, 0.3) is 0 Å². The molecule has 2 aromatic rings. The van der Waals surface area contributed by atoms with E-state index in [0.29, 0.717) is 0 Å². The minimum atomic E-state index is 1.04. The molecule has 43 valence electrons. The number of fused-ring (bicyclic) bond motifs is 1. The molecule has 9 heavy (non-hydrogen) atoms. The molecule has 2 nitrogen and oxygen atoms in total. The van der Waals surface area contributed by atoms with E-state index in [-0.39, 0.29) is 0 Å². The molecule has 0 aliphatic carbocycles. The van der Waals surface area contributed by atoms with Gasteiger partial charge >= 0.3 is 0 Å². The first kappa shape index (κ1) is 4.56. The van der Waals surface area contributed by atoms with Gasteiger partial charge in [0.1, 0.15) is 0 Å². The predicted octanol–water partition coefficient (Wildman–Crippen LogP) is 1.36. The SMILES string of the molecule is [c]1ccc2cn[nH]c2c1. The maximum absolute atomic E-state index is 3.86. The standard InChI is InChI=1S/C7H5N2/c1-2-4-7-6(3-1)5-8-9-7/h1,3-5H,(H,8,9). The quantitative estimate of drug-likeness (QED) is 0.554. The lowest BCUT2D eigenvalue weighted by Crippen LogP contribution is -1.64. The van der Waals surface area contributed by atoms with Crippen molar-refractivity contribution in [1.82, 2.24) is 10.2 Å². The van der Waals surface area contributed by atoms with Gasteiger partial charge in [0, 0.05) is 5.39 Å². The minimum Gasteiger partial charge on any atom is -0.278 e. The monoisotopic (exact) mass is 117 g/mol. The van der Waals surface area contributed by atoms with E-state index < -0.39 is 0 Å². The van der Waals surface area contributed by atoms with Gasteiger partial charge in [0.05, 0.1) is 11.7 Å². The zero-order valence-electron chi connectivity index (χ0n) is 4.76. The molecule has 2 rings (SSSR count). The van der Waals surface area contributed by atoms with Gasteiger partial charge in [-0.25, -0.2) is 0 Å². The number of nitrogens with one attached hydrogen (secondary N) is 1. The Balaban J connectivity index is 2.95. The Morgan fingerprint density at radius 3 is 3.44 bits per heavy atom. The molecule has 0 atom stereocenters. The van der Waals surface area contributed by atoms with Crippen molar-refractivity contribution in [3.63, 3.8) is 0 Å². The maximum atomic E-state index is 3.86. The Labute approximate surface area is 52.5 Å². The van der Waals surface area contributed by atoms with Crippen LogP contribution in [0, 0.1) is 6.07 Å². The summed E-state index contributed by atoms with van der Waals surface area (Å²) in [4.78, 5) is 0. The van der Waals surface area contributed by atoms with E-state index in [2.05, 4.69) is 16.3 Å². The molecule has 1 aromatic carbocycles. The molecule has 0 aliphatic heterocycles. The molecule has 1 aromatic heterocycles. The van der Waals surface area contributed by atoms with E-state index in [9.17, 15) is 0 Å². The lowest BCUT2D eigenvalue weighted by Gasteiger charge is -1.80. The Morgan fingerprint density at radius 2 is 2.56 bits per heavy atom. The molecule has 0 saturated heterocycles. The van der Waals surface area contributed by atoms with E-state index >= 15 is 0 Å². The molecular weight excluding hydrogens is 112 g/mol. The van der Waals surface area contributed by atoms with Gasteiger partial charge in [-0.2, -0.15) is 5.10 Å². The molecule has 0 spiro atoms. The van der Waals surface area contributed by atoms with Gasteiger partial charge in [0.2, 0.25) is 0 Å². The van der Waals surface area contributed by atoms with Crippen LogP contribution in [0.15, 0.2) is 24.4 Å². The van der Waals surface area contributed by atoms with Crippen LogP contribution in [0.3, 0.4) is 0 Å². The van der Waals surface area contributed by atoms with Crippen molar-refractivity contribution in [2.45, 2.75) is 0 Å². The van der Waals surface area contributed by atoms with E-state index in [1.54, 1.807) is 6.20 Å². The summed E-state index contributed by atoms with van der Waals surface area (Å²) in [6.45, 7) is 0. The molecule has 0 saturated carbocycles. The molecular formula is C7H5N2. The fraction of sp³-hybridized carbons (Fsp3) is 0. The first-order chi connectivity index (χ1) is 4.47. The second-order valence-corrected chi connectivity index (χ2v) is 1.88. The van der Waals surface area contributed by atoms with Crippen LogP contribution >= 0.6 is 0 Å². The van der Waals surface area contributed by atoms with Crippen molar-refractivity contribution in [3.8, 4) is 0 Å². The van der Waals surface area contributed by atoms with E-state index in [0.717, 1.165) is 10.9 Å². The smallest absolute Gasteiger partial charge is 0.0656 e. The number of aromatic amines is 1. The van der Waals surface area contributed by atoms with Crippen LogP contribution in [0.25, 0.3) is 10.9 Å². The molecule has 2 heteroatoms. The second-order valence-electron chi connectivity index (χ2n) is 1.88. The van der Waals surface area contributed by atoms with Crippen molar-refractivity contribution < 1.29 is 0 Å². The van der Waals surface area contributed by atoms with Crippen molar-refractivity contribution in [2.75, 3.05) is 0 Å². The number of aromatic nitrogens is 2. The first-order valence-corrected chi connectivity index (χ1v) is 2.76. The van der Waals surface area contributed by atoms with Crippen LogP contribution in [-0.2, 0) is 0 Å². The summed E-state index contributed by atoms with van der Waals surface area (Å²) in [5.74, 6) is 0. The van der Waals surface area contributed by atoms with Gasteiger partial charge in [-0.05, 0) is 12.1 Å². The average molecular weight is 117 g/mol. The summed E-state index contributed by atoms with van der Waals surface area (Å²) in [7, 11) is 0. The number of rotatable bonds is 0. The van der Waals surface area contributed by atoms with Gasteiger partial charge < -0.3 is 0 Å². The van der Waals surface area contributed by atoms with Crippen LogP contribution in [-0.4, -0.2) is 10.2 Å². The van der Waals surface area contributed by atoms with Crippen LogP contribution in [0.5, 0.6) is 0 Å². The topological polar surface area (TPSA) is 28.7 Å². The van der Waals surface area contributed by atoms with Crippen LogP contribution in [0.2, 0.25) is 0 Å². The summed E-state index contributed by atoms with van der Waals surface area (Å²) in [6, 6.07) is 8.67. The van der Waals surface area contributed by atoms with E-state index in [1.807, 2.05) is 18.2 Å². The molecule has 1 radical (unpaired) electrons. The zero-order chi connectivity index (χ0) is 6.10. The number of benzene rings is 1. The lowest BCUT2D eigenvalue weighted by molar-refractivity contribution is 1.12. The third-order valence-electron chi connectivity index (χ3n) is 1.29. The summed E-state index contributed by atoms with van der Waals surface area (Å²) in [5, 5.41) is 7.83. The Kier molecular flexibility index (Phi) is 0.803. The summed E-state index contributed by atoms with van der Waals surface area (Å²) in [6.07, 6.45) is 1.79. The van der Waals surface area contributed by atoms with Gasteiger partial charge in [0.15, 0.2) is 0 Å². The normalized spacial score (nSPS) is 10.2. The van der Waals surface area contributed by atoms with Gasteiger partial charge in [-0.3, -0.25) is 5.10 Å². The molecule has 0 amide bonds. The zero-order valence-corrected chi connectivity index (χ0v) is 4.76. The third kappa shape index (κ3) is 0.598. The molecule has 1 N–H and O–H groups in total. The largest absolute Gasteiger partial charge is 0.278 e. The van der Waals surface area contributed by atoms with Gasteiger partial charge in [-0.15, -0.1) is 0 Å². The Hall–Kier alpha value is -1.31. The molecule has 1 heterocycles. The van der Waals surface area contributed by atoms with Crippen molar-refractivity contribution >= 4 is 10.9 Å². The van der Waals surface area contributed by atoms with Crippen LogP contribution in [0.1, 0.15) is 0 Å². The lowest BCUT2D eigenvalue weighted by atomic mass is 10.3. The van der Waals surface area contributed by atoms with Crippen molar-refractivity contribution in [2.24, 2.45) is 0 Å². The Bertz CT molecular complexity index is 281. The predicted molar refractivity (Wildman–Crippen MR) is 34.9 cm³/mol. The van der Waals surface area contributed by atoms with Gasteiger partial charge in [-0.1, -0.05) is 12.1 Å². The average Bonchev–Trinajstić information content (AvgIpc) is 2.33. The highest BCUT2D eigenvalue weighted by Gasteiger charge is 1.88. The number of H-pyrrole nitrogens is 1. The molecule has 0 fully saturated rings. The summed E-state index contributed by atoms with van der Waals surface area (Å²) in [5.41, 5.74) is 1.04. The van der Waals surface area contributed by atoms with E-state index in [1.165, 1.54) is 0 Å². The first-order valence-electron chi connectivity index (χ1n) is 2.76. The Morgan fingerprint density at radius 1 is 1.56 bits per heavy atom. The third-order valence-corrected chi connectivity index (χ3v) is 1.29. The molecule has 0 bridgehead atoms. The number of nitrogens with zero attached hydrogens (tertiary/aromatic N) is 1. The fourth-order valence-electron chi connectivity index (χ4n) is 0.823. The molecule has 0 unspecified atom stereocenters. The number of hydrogen-bond donors (Lipinski definition) is 1. The van der Waals surface area contributed by atoms with Crippen molar-refractivity contribution in [3.05, 3.63) is 30.5 Å². The highest BCUT2D eigenvalue weighted by atomic mass is 15.1. The van der Waals surface area contributed by atoms with Crippen molar-refractivity contribution in [1.29, 1.82) is 0 Å². The minimum absolute atomic E-state index is 1.04. The second kappa shape index (κ2) is 1.58. The summed E-state index contributed by atoms with van der Waals surface area (Å²) < 4.78 is 0.